The van der Waals surface area contributed by atoms with E-state index in [9.17, 15) is 18.0 Å². The van der Waals surface area contributed by atoms with Gasteiger partial charge in [0, 0.05) is 12.0 Å². The van der Waals surface area contributed by atoms with Crippen LogP contribution in [0.3, 0.4) is 0 Å². The van der Waals surface area contributed by atoms with Gasteiger partial charge in [-0.3, -0.25) is 4.79 Å². The van der Waals surface area contributed by atoms with Gasteiger partial charge in [-0.05, 0) is 31.5 Å². The SMILES string of the molecule is Cc1cc(C)c2c(c1)C(NC(=O)COc1ccccc1C(F)(F)F)CCO2. The number of benzene rings is 2. The highest BCUT2D eigenvalue weighted by molar-refractivity contribution is 5.78. The second-order valence-electron chi connectivity index (χ2n) is 6.54. The summed E-state index contributed by atoms with van der Waals surface area (Å²) in [4.78, 5) is 12.3. The van der Waals surface area contributed by atoms with E-state index in [0.717, 1.165) is 28.5 Å². The van der Waals surface area contributed by atoms with Crippen LogP contribution < -0.4 is 14.8 Å². The Hall–Kier alpha value is -2.70. The van der Waals surface area contributed by atoms with E-state index in [1.807, 2.05) is 26.0 Å². The maximum absolute atomic E-state index is 13.0. The van der Waals surface area contributed by atoms with Gasteiger partial charge in [-0.1, -0.05) is 29.8 Å². The van der Waals surface area contributed by atoms with E-state index in [1.165, 1.54) is 18.2 Å². The molecule has 0 saturated heterocycles. The van der Waals surface area contributed by atoms with Crippen molar-refractivity contribution in [2.24, 2.45) is 0 Å². The Balaban J connectivity index is 1.69. The Morgan fingerprint density at radius 3 is 2.74 bits per heavy atom. The monoisotopic (exact) mass is 379 g/mol. The highest BCUT2D eigenvalue weighted by Crippen LogP contribution is 2.37. The van der Waals surface area contributed by atoms with Gasteiger partial charge < -0.3 is 14.8 Å². The molecule has 1 aliphatic heterocycles. The number of para-hydroxylation sites is 1. The van der Waals surface area contributed by atoms with Gasteiger partial charge in [0.1, 0.15) is 11.5 Å². The number of fused-ring (bicyclic) bond motifs is 1. The summed E-state index contributed by atoms with van der Waals surface area (Å²) in [5.41, 5.74) is 2.01. The molecule has 0 aliphatic carbocycles. The summed E-state index contributed by atoms with van der Waals surface area (Å²) in [6.07, 6.45) is -3.96. The number of ether oxygens (including phenoxy) is 2. The van der Waals surface area contributed by atoms with E-state index in [2.05, 4.69) is 5.32 Å². The van der Waals surface area contributed by atoms with Crippen molar-refractivity contribution in [1.29, 1.82) is 0 Å². The number of hydrogen-bond donors (Lipinski definition) is 1. The van der Waals surface area contributed by atoms with E-state index in [1.54, 1.807) is 0 Å². The molecule has 0 spiro atoms. The maximum atomic E-state index is 13.0. The zero-order valence-electron chi connectivity index (χ0n) is 15.0. The highest BCUT2D eigenvalue weighted by Gasteiger charge is 2.34. The fraction of sp³-hybridized carbons (Fsp3) is 0.350. The van der Waals surface area contributed by atoms with Crippen molar-refractivity contribution in [3.8, 4) is 11.5 Å². The molecule has 0 radical (unpaired) electrons. The third-order valence-corrected chi connectivity index (χ3v) is 4.36. The fourth-order valence-electron chi connectivity index (χ4n) is 3.23. The summed E-state index contributed by atoms with van der Waals surface area (Å²) < 4.78 is 49.8. The van der Waals surface area contributed by atoms with E-state index < -0.39 is 24.3 Å². The molecule has 1 atom stereocenters. The number of alkyl halides is 3. The molecule has 0 bridgehead atoms. The van der Waals surface area contributed by atoms with Crippen molar-refractivity contribution in [1.82, 2.24) is 5.32 Å². The summed E-state index contributed by atoms with van der Waals surface area (Å²) >= 11 is 0. The molecule has 1 N–H and O–H groups in total. The molecule has 144 valence electrons. The summed E-state index contributed by atoms with van der Waals surface area (Å²) in [5.74, 6) is -0.0938. The molecule has 7 heteroatoms. The van der Waals surface area contributed by atoms with Crippen LogP contribution in [-0.2, 0) is 11.0 Å². The number of carbonyl (C=O) groups is 1. The number of carbonyl (C=O) groups excluding carboxylic acids is 1. The predicted octanol–water partition coefficient (Wildman–Crippen LogP) is 4.34. The molecule has 2 aromatic carbocycles. The number of nitrogens with one attached hydrogen (secondary N) is 1. The van der Waals surface area contributed by atoms with Crippen molar-refractivity contribution >= 4 is 5.91 Å². The Morgan fingerprint density at radius 1 is 1.26 bits per heavy atom. The van der Waals surface area contributed by atoms with Crippen LogP contribution in [0.25, 0.3) is 0 Å². The lowest BCUT2D eigenvalue weighted by atomic mass is 9.95. The minimum absolute atomic E-state index is 0.263. The van der Waals surface area contributed by atoms with Crippen molar-refractivity contribution < 1.29 is 27.4 Å². The van der Waals surface area contributed by atoms with Crippen LogP contribution in [0.1, 0.15) is 34.7 Å². The average molecular weight is 379 g/mol. The topological polar surface area (TPSA) is 47.6 Å². The van der Waals surface area contributed by atoms with Crippen LogP contribution in [0, 0.1) is 13.8 Å². The van der Waals surface area contributed by atoms with E-state index in [0.29, 0.717) is 13.0 Å². The summed E-state index contributed by atoms with van der Waals surface area (Å²) in [7, 11) is 0. The first-order chi connectivity index (χ1) is 12.8. The molecule has 4 nitrogen and oxygen atoms in total. The Kier molecular flexibility index (Phi) is 5.30. The van der Waals surface area contributed by atoms with Crippen LogP contribution >= 0.6 is 0 Å². The van der Waals surface area contributed by atoms with Gasteiger partial charge in [-0.15, -0.1) is 0 Å². The van der Waals surface area contributed by atoms with E-state index >= 15 is 0 Å². The second kappa shape index (κ2) is 7.50. The number of amides is 1. The smallest absolute Gasteiger partial charge is 0.419 e. The number of halogens is 3. The van der Waals surface area contributed by atoms with Gasteiger partial charge in [0.15, 0.2) is 6.61 Å². The standard InChI is InChI=1S/C20H20F3NO3/c1-12-9-13(2)19-14(10-12)16(7-8-26-19)24-18(25)11-27-17-6-4-3-5-15(17)20(21,22)23/h3-6,9-10,16H,7-8,11H2,1-2H3,(H,24,25). The zero-order chi connectivity index (χ0) is 19.6. The molecule has 1 heterocycles. The Bertz CT molecular complexity index is 849. The normalized spacial score (nSPS) is 16.3. The third-order valence-electron chi connectivity index (χ3n) is 4.36. The van der Waals surface area contributed by atoms with Crippen molar-refractivity contribution in [3.05, 3.63) is 58.7 Å². The predicted molar refractivity (Wildman–Crippen MR) is 93.9 cm³/mol. The van der Waals surface area contributed by atoms with Crippen molar-refractivity contribution in [2.75, 3.05) is 13.2 Å². The Morgan fingerprint density at radius 2 is 2.00 bits per heavy atom. The van der Waals surface area contributed by atoms with Crippen LogP contribution in [0.2, 0.25) is 0 Å². The van der Waals surface area contributed by atoms with Crippen LogP contribution in [-0.4, -0.2) is 19.1 Å². The summed E-state index contributed by atoms with van der Waals surface area (Å²) in [6.45, 7) is 3.86. The lowest BCUT2D eigenvalue weighted by molar-refractivity contribution is -0.139. The van der Waals surface area contributed by atoms with Crippen LogP contribution in [0.15, 0.2) is 36.4 Å². The third kappa shape index (κ3) is 4.35. The number of hydrogen-bond acceptors (Lipinski definition) is 3. The molecule has 3 rings (SSSR count). The van der Waals surface area contributed by atoms with Crippen LogP contribution in [0.5, 0.6) is 11.5 Å². The van der Waals surface area contributed by atoms with E-state index in [-0.39, 0.29) is 11.8 Å². The van der Waals surface area contributed by atoms with Crippen LogP contribution in [0.4, 0.5) is 13.2 Å². The molecular weight excluding hydrogens is 359 g/mol. The molecule has 0 fully saturated rings. The summed E-state index contributed by atoms with van der Waals surface area (Å²) in [5, 5.41) is 2.83. The molecule has 0 aromatic heterocycles. The van der Waals surface area contributed by atoms with Gasteiger partial charge in [0.2, 0.25) is 0 Å². The molecule has 1 amide bonds. The quantitative estimate of drug-likeness (QED) is 0.860. The number of aryl methyl sites for hydroxylation is 2. The molecule has 1 aliphatic rings. The lowest BCUT2D eigenvalue weighted by Gasteiger charge is -2.28. The first kappa shape index (κ1) is 19.1. The van der Waals surface area contributed by atoms with Crippen molar-refractivity contribution in [2.45, 2.75) is 32.5 Å². The summed E-state index contributed by atoms with van der Waals surface area (Å²) in [6, 6.07) is 8.52. The first-order valence-corrected chi connectivity index (χ1v) is 8.58. The van der Waals surface area contributed by atoms with E-state index in [4.69, 9.17) is 9.47 Å². The Labute approximate surface area is 155 Å². The minimum Gasteiger partial charge on any atom is -0.493 e. The second-order valence-corrected chi connectivity index (χ2v) is 6.54. The fourth-order valence-corrected chi connectivity index (χ4v) is 3.23. The molecule has 2 aromatic rings. The first-order valence-electron chi connectivity index (χ1n) is 8.58. The lowest BCUT2D eigenvalue weighted by Crippen LogP contribution is -2.35. The molecule has 1 unspecified atom stereocenters. The largest absolute Gasteiger partial charge is 0.493 e. The van der Waals surface area contributed by atoms with Gasteiger partial charge in [0.05, 0.1) is 18.2 Å². The van der Waals surface area contributed by atoms with Gasteiger partial charge >= 0.3 is 6.18 Å². The molecular formula is C20H20F3NO3. The minimum atomic E-state index is -4.54. The van der Waals surface area contributed by atoms with Gasteiger partial charge in [-0.2, -0.15) is 13.2 Å². The molecule has 0 saturated carbocycles. The molecule has 27 heavy (non-hydrogen) atoms. The highest BCUT2D eigenvalue weighted by atomic mass is 19.4. The maximum Gasteiger partial charge on any atom is 0.419 e. The number of rotatable bonds is 4. The van der Waals surface area contributed by atoms with Gasteiger partial charge in [-0.25, -0.2) is 0 Å². The van der Waals surface area contributed by atoms with Gasteiger partial charge in [0.25, 0.3) is 5.91 Å². The average Bonchev–Trinajstić information content (AvgIpc) is 2.60. The zero-order valence-corrected chi connectivity index (χ0v) is 15.0. The van der Waals surface area contributed by atoms with Crippen molar-refractivity contribution in [3.63, 3.8) is 0 Å².